The van der Waals surface area contributed by atoms with Gasteiger partial charge in [-0.2, -0.15) is 0 Å². The summed E-state index contributed by atoms with van der Waals surface area (Å²) in [4.78, 5) is 15.1. The van der Waals surface area contributed by atoms with E-state index in [9.17, 15) is 4.79 Å². The zero-order valence-electron chi connectivity index (χ0n) is 11.4. The lowest BCUT2D eigenvalue weighted by Crippen LogP contribution is -2.03. The van der Waals surface area contributed by atoms with E-state index in [4.69, 9.17) is 9.84 Å². The molecule has 4 nitrogen and oxygen atoms in total. The lowest BCUT2D eigenvalue weighted by Gasteiger charge is -2.06. The van der Waals surface area contributed by atoms with Gasteiger partial charge in [-0.05, 0) is 42.3 Å². The molecule has 0 fully saturated rings. The Hall–Kier alpha value is -2.36. The molecule has 1 aromatic carbocycles. The molecule has 0 spiro atoms. The van der Waals surface area contributed by atoms with Crippen LogP contribution < -0.4 is 4.74 Å². The minimum absolute atomic E-state index is 0.258. The number of aromatic nitrogens is 1. The van der Waals surface area contributed by atoms with Crippen LogP contribution in [0.25, 0.3) is 0 Å². The molecule has 1 heterocycles. The van der Waals surface area contributed by atoms with E-state index in [-0.39, 0.29) is 5.56 Å². The molecule has 0 atom stereocenters. The molecule has 1 aromatic heterocycles. The van der Waals surface area contributed by atoms with Gasteiger partial charge < -0.3 is 9.84 Å². The summed E-state index contributed by atoms with van der Waals surface area (Å²) in [6.07, 6.45) is 3.60. The number of carbonyl (C=O) groups is 1. The normalized spacial score (nSPS) is 10.2. The number of rotatable bonds is 6. The molecule has 0 amide bonds. The monoisotopic (exact) mass is 271 g/mol. The highest BCUT2D eigenvalue weighted by molar-refractivity contribution is 5.87. The second-order valence-electron chi connectivity index (χ2n) is 4.44. The fourth-order valence-electron chi connectivity index (χ4n) is 1.78. The summed E-state index contributed by atoms with van der Waals surface area (Å²) < 4.78 is 5.57. The SMILES string of the molecule is CCc1ccc(CCOc2ccc(C(=O)O)cc2)nc1. The van der Waals surface area contributed by atoms with Gasteiger partial charge in [0.2, 0.25) is 0 Å². The Morgan fingerprint density at radius 1 is 1.20 bits per heavy atom. The van der Waals surface area contributed by atoms with Gasteiger partial charge in [0.25, 0.3) is 0 Å². The van der Waals surface area contributed by atoms with E-state index >= 15 is 0 Å². The summed E-state index contributed by atoms with van der Waals surface area (Å²) in [5, 5.41) is 8.79. The van der Waals surface area contributed by atoms with Gasteiger partial charge in [-0.1, -0.05) is 13.0 Å². The lowest BCUT2D eigenvalue weighted by atomic mass is 10.2. The molecule has 0 radical (unpaired) electrons. The van der Waals surface area contributed by atoms with Crippen molar-refractivity contribution in [2.45, 2.75) is 19.8 Å². The fourth-order valence-corrected chi connectivity index (χ4v) is 1.78. The highest BCUT2D eigenvalue weighted by Gasteiger charge is 2.02. The van der Waals surface area contributed by atoms with Crippen molar-refractivity contribution < 1.29 is 14.6 Å². The molecule has 0 aliphatic rings. The largest absolute Gasteiger partial charge is 0.493 e. The molecule has 104 valence electrons. The minimum Gasteiger partial charge on any atom is -0.493 e. The third-order valence-corrected chi connectivity index (χ3v) is 3.02. The molecule has 0 bridgehead atoms. The molecule has 0 saturated carbocycles. The molecule has 0 saturated heterocycles. The van der Waals surface area contributed by atoms with Crippen LogP contribution in [0, 0.1) is 0 Å². The number of nitrogens with zero attached hydrogens (tertiary/aromatic N) is 1. The molecule has 2 rings (SSSR count). The molecule has 4 heteroatoms. The third-order valence-electron chi connectivity index (χ3n) is 3.02. The number of aromatic carboxylic acids is 1. The Morgan fingerprint density at radius 2 is 1.95 bits per heavy atom. The van der Waals surface area contributed by atoms with Crippen LogP contribution in [0.15, 0.2) is 42.6 Å². The Balaban J connectivity index is 1.84. The first-order chi connectivity index (χ1) is 9.69. The first kappa shape index (κ1) is 14.1. The molecular weight excluding hydrogens is 254 g/mol. The van der Waals surface area contributed by atoms with Gasteiger partial charge in [0.05, 0.1) is 12.2 Å². The number of ether oxygens (including phenoxy) is 1. The van der Waals surface area contributed by atoms with E-state index in [2.05, 4.69) is 18.0 Å². The Labute approximate surface area is 118 Å². The first-order valence-corrected chi connectivity index (χ1v) is 6.59. The summed E-state index contributed by atoms with van der Waals surface area (Å²) in [5.74, 6) is -0.267. The van der Waals surface area contributed by atoms with Crippen molar-refractivity contribution >= 4 is 5.97 Å². The van der Waals surface area contributed by atoms with Crippen LogP contribution in [-0.4, -0.2) is 22.7 Å². The maximum Gasteiger partial charge on any atom is 0.335 e. The van der Waals surface area contributed by atoms with Gasteiger partial charge in [-0.25, -0.2) is 4.79 Å². The first-order valence-electron chi connectivity index (χ1n) is 6.59. The maximum atomic E-state index is 10.7. The molecule has 20 heavy (non-hydrogen) atoms. The molecule has 2 aromatic rings. The van der Waals surface area contributed by atoms with Crippen molar-refractivity contribution in [3.05, 3.63) is 59.4 Å². The smallest absolute Gasteiger partial charge is 0.335 e. The summed E-state index contributed by atoms with van der Waals surface area (Å²) >= 11 is 0. The van der Waals surface area contributed by atoms with Gasteiger partial charge in [0, 0.05) is 18.3 Å². The summed E-state index contributed by atoms with van der Waals surface area (Å²) in [5.41, 5.74) is 2.47. The van der Waals surface area contributed by atoms with E-state index in [1.807, 2.05) is 12.3 Å². The van der Waals surface area contributed by atoms with Gasteiger partial charge >= 0.3 is 5.97 Å². The fraction of sp³-hybridized carbons (Fsp3) is 0.250. The number of aryl methyl sites for hydroxylation is 1. The van der Waals surface area contributed by atoms with Crippen LogP contribution in [0.4, 0.5) is 0 Å². The van der Waals surface area contributed by atoms with E-state index in [0.717, 1.165) is 18.5 Å². The van der Waals surface area contributed by atoms with Crippen LogP contribution in [0.2, 0.25) is 0 Å². The van der Waals surface area contributed by atoms with Crippen molar-refractivity contribution in [2.75, 3.05) is 6.61 Å². The average Bonchev–Trinajstić information content (AvgIpc) is 2.48. The van der Waals surface area contributed by atoms with Crippen LogP contribution in [-0.2, 0) is 12.8 Å². The summed E-state index contributed by atoms with van der Waals surface area (Å²) in [6, 6.07) is 10.5. The molecular formula is C16H17NO3. The topological polar surface area (TPSA) is 59.4 Å². The highest BCUT2D eigenvalue weighted by Crippen LogP contribution is 2.12. The molecule has 0 unspecified atom stereocenters. The van der Waals surface area contributed by atoms with Crippen LogP contribution in [0.1, 0.15) is 28.5 Å². The predicted octanol–water partition coefficient (Wildman–Crippen LogP) is 2.96. The van der Waals surface area contributed by atoms with E-state index in [1.54, 1.807) is 12.1 Å². The Morgan fingerprint density at radius 3 is 2.50 bits per heavy atom. The van der Waals surface area contributed by atoms with Crippen molar-refractivity contribution in [1.29, 1.82) is 0 Å². The predicted molar refractivity (Wildman–Crippen MR) is 76.2 cm³/mol. The number of carboxylic acid groups (broad SMARTS) is 1. The molecule has 1 N–H and O–H groups in total. The second kappa shape index (κ2) is 6.70. The number of hydrogen-bond donors (Lipinski definition) is 1. The van der Waals surface area contributed by atoms with Crippen LogP contribution in [0.3, 0.4) is 0 Å². The number of benzene rings is 1. The zero-order valence-corrected chi connectivity index (χ0v) is 11.4. The third kappa shape index (κ3) is 3.82. The number of hydrogen-bond acceptors (Lipinski definition) is 3. The van der Waals surface area contributed by atoms with Crippen molar-refractivity contribution in [2.24, 2.45) is 0 Å². The zero-order chi connectivity index (χ0) is 14.4. The van der Waals surface area contributed by atoms with Crippen molar-refractivity contribution in [3.8, 4) is 5.75 Å². The van der Waals surface area contributed by atoms with E-state index in [1.165, 1.54) is 17.7 Å². The summed E-state index contributed by atoms with van der Waals surface area (Å²) in [7, 11) is 0. The number of pyridine rings is 1. The van der Waals surface area contributed by atoms with Crippen molar-refractivity contribution in [1.82, 2.24) is 4.98 Å². The molecule has 0 aliphatic carbocycles. The second-order valence-corrected chi connectivity index (χ2v) is 4.44. The van der Waals surface area contributed by atoms with Gasteiger partial charge in [-0.15, -0.1) is 0 Å². The van der Waals surface area contributed by atoms with E-state index < -0.39 is 5.97 Å². The van der Waals surface area contributed by atoms with Crippen LogP contribution >= 0.6 is 0 Å². The lowest BCUT2D eigenvalue weighted by molar-refractivity contribution is 0.0697. The summed E-state index contributed by atoms with van der Waals surface area (Å²) in [6.45, 7) is 2.62. The van der Waals surface area contributed by atoms with Gasteiger partial charge in [-0.3, -0.25) is 4.98 Å². The van der Waals surface area contributed by atoms with Crippen LogP contribution in [0.5, 0.6) is 5.75 Å². The van der Waals surface area contributed by atoms with Crippen molar-refractivity contribution in [3.63, 3.8) is 0 Å². The standard InChI is InChI=1S/C16H17NO3/c1-2-12-3-6-14(17-11-12)9-10-20-15-7-4-13(5-8-15)16(18)19/h3-8,11H,2,9-10H2,1H3,(H,18,19). The van der Waals surface area contributed by atoms with Gasteiger partial charge in [0.1, 0.15) is 5.75 Å². The quantitative estimate of drug-likeness (QED) is 0.877. The average molecular weight is 271 g/mol. The highest BCUT2D eigenvalue weighted by atomic mass is 16.5. The number of carboxylic acids is 1. The van der Waals surface area contributed by atoms with E-state index in [0.29, 0.717) is 12.4 Å². The Bertz CT molecular complexity index is 561. The maximum absolute atomic E-state index is 10.7. The molecule has 0 aliphatic heterocycles. The Kier molecular flexibility index (Phi) is 4.71. The van der Waals surface area contributed by atoms with Gasteiger partial charge in [0.15, 0.2) is 0 Å². The minimum atomic E-state index is -0.934.